The van der Waals surface area contributed by atoms with Gasteiger partial charge in [0.15, 0.2) is 0 Å². The molecule has 1 amide bonds. The Balaban J connectivity index is 1.30. The molecule has 0 spiro atoms. The van der Waals surface area contributed by atoms with Gasteiger partial charge >= 0.3 is 0 Å². The molecule has 0 aromatic carbocycles. The number of rotatable bonds is 0. The van der Waals surface area contributed by atoms with E-state index in [1.165, 1.54) is 44.9 Å². The number of carbonyl (C=O) groups is 1. The van der Waals surface area contributed by atoms with Gasteiger partial charge < -0.3 is 10.2 Å². The van der Waals surface area contributed by atoms with Gasteiger partial charge in [0.2, 0.25) is 5.91 Å². The maximum atomic E-state index is 13.2. The van der Waals surface area contributed by atoms with E-state index in [1.807, 2.05) is 0 Å². The minimum absolute atomic E-state index is 0.0171. The van der Waals surface area contributed by atoms with Crippen LogP contribution in [0, 0.1) is 5.92 Å². The highest BCUT2D eigenvalue weighted by Crippen LogP contribution is 2.40. The summed E-state index contributed by atoms with van der Waals surface area (Å²) in [6.07, 6.45) is 12.8. The summed E-state index contributed by atoms with van der Waals surface area (Å²) in [5, 5.41) is 15.3. The summed E-state index contributed by atoms with van der Waals surface area (Å²) in [7, 11) is 2.05. The Bertz CT molecular complexity index is 660. The maximum absolute atomic E-state index is 13.2. The van der Waals surface area contributed by atoms with E-state index >= 15 is 0 Å². The zero-order chi connectivity index (χ0) is 20.2. The number of amides is 1. The molecular weight excluding hydrogens is 376 g/mol. The normalized spacial score (nSPS) is 49.6. The molecule has 7 unspecified atom stereocenters. The standard InChI is InChI=1S/C23H40N6O/c1-28-15-8-9-16(11-15)29-13-25-19-6-2-4-17(22(19)29)18-5-3-7-21(27-18)26-14-10-20(23(28)30)24-12-14/h14-22,24-27H,2-13H2,1H3/t14-,15?,16?,17?,18?,19?,20-,21?,22?/m0/s1. The number of carbonyl (C=O) groups excluding carboxylic acids is 1. The first kappa shape index (κ1) is 19.9. The Morgan fingerprint density at radius 2 is 1.70 bits per heavy atom. The van der Waals surface area contributed by atoms with Gasteiger partial charge in [-0.25, -0.2) is 0 Å². The van der Waals surface area contributed by atoms with Crippen LogP contribution in [-0.2, 0) is 4.79 Å². The molecule has 7 nitrogen and oxygen atoms in total. The monoisotopic (exact) mass is 416 g/mol. The van der Waals surface area contributed by atoms with Crippen LogP contribution in [0.3, 0.4) is 0 Å². The highest BCUT2D eigenvalue weighted by Gasteiger charge is 2.49. The number of nitrogens with one attached hydrogen (secondary N) is 4. The average Bonchev–Trinajstić information content (AvgIpc) is 3.51. The van der Waals surface area contributed by atoms with Crippen LogP contribution in [0.25, 0.3) is 0 Å². The molecule has 0 aromatic heterocycles. The molecule has 6 rings (SSSR count). The lowest BCUT2D eigenvalue weighted by Crippen LogP contribution is -2.60. The fourth-order valence-electron chi connectivity index (χ4n) is 7.84. The van der Waals surface area contributed by atoms with E-state index in [4.69, 9.17) is 0 Å². The summed E-state index contributed by atoms with van der Waals surface area (Å²) >= 11 is 0. The number of hydrogen-bond donors (Lipinski definition) is 4. The third-order valence-electron chi connectivity index (χ3n) is 9.37. The Morgan fingerprint density at radius 3 is 2.63 bits per heavy atom. The first-order chi connectivity index (χ1) is 14.7. The van der Waals surface area contributed by atoms with Crippen molar-refractivity contribution in [1.29, 1.82) is 0 Å². The van der Waals surface area contributed by atoms with E-state index in [-0.39, 0.29) is 6.04 Å². The molecule has 7 heteroatoms. The SMILES string of the molecule is CN1C(=O)[C@@H]2C[C@@H](CN2)NC2CCCC(N2)C2CCCC3NCN(C4CCC1C4)C32. The molecule has 4 N–H and O–H groups in total. The van der Waals surface area contributed by atoms with Crippen molar-refractivity contribution < 1.29 is 4.79 Å². The molecule has 0 radical (unpaired) electrons. The van der Waals surface area contributed by atoms with Gasteiger partial charge in [-0.1, -0.05) is 6.42 Å². The van der Waals surface area contributed by atoms with Gasteiger partial charge in [-0.05, 0) is 63.7 Å². The fourth-order valence-corrected chi connectivity index (χ4v) is 7.84. The average molecular weight is 417 g/mol. The summed E-state index contributed by atoms with van der Waals surface area (Å²) in [5.74, 6) is 1.06. The molecule has 4 aliphatic heterocycles. The van der Waals surface area contributed by atoms with Gasteiger partial charge in [0.05, 0.1) is 12.2 Å². The number of likely N-dealkylation sites (N-methyl/N-ethyl adjacent to an activating group) is 1. The Hall–Kier alpha value is -0.730. The third-order valence-corrected chi connectivity index (χ3v) is 9.37. The van der Waals surface area contributed by atoms with Gasteiger partial charge in [0.1, 0.15) is 0 Å². The molecule has 6 bridgehead atoms. The Kier molecular flexibility index (Phi) is 5.31. The van der Waals surface area contributed by atoms with Crippen molar-refractivity contribution >= 4 is 5.91 Å². The molecule has 0 aromatic rings. The van der Waals surface area contributed by atoms with Crippen LogP contribution in [0.5, 0.6) is 0 Å². The smallest absolute Gasteiger partial charge is 0.239 e. The van der Waals surface area contributed by atoms with Gasteiger partial charge in [0, 0.05) is 56.5 Å². The van der Waals surface area contributed by atoms with E-state index in [0.29, 0.717) is 48.3 Å². The van der Waals surface area contributed by atoms with Crippen LogP contribution in [0.4, 0.5) is 0 Å². The first-order valence-corrected chi connectivity index (χ1v) is 12.7. The number of piperidine rings is 1. The second kappa shape index (κ2) is 8.00. The molecule has 2 saturated carbocycles. The Labute approximate surface area is 181 Å². The lowest BCUT2D eigenvalue weighted by atomic mass is 9.74. The quantitative estimate of drug-likeness (QED) is 0.463. The van der Waals surface area contributed by atoms with Crippen molar-refractivity contribution in [1.82, 2.24) is 31.1 Å². The van der Waals surface area contributed by atoms with E-state index in [1.54, 1.807) is 0 Å². The van der Waals surface area contributed by atoms with Crippen LogP contribution >= 0.6 is 0 Å². The van der Waals surface area contributed by atoms with E-state index in [9.17, 15) is 4.79 Å². The lowest BCUT2D eigenvalue weighted by Gasteiger charge is -2.46. The highest BCUT2D eigenvalue weighted by atomic mass is 16.2. The molecule has 168 valence electrons. The highest BCUT2D eigenvalue weighted by molar-refractivity contribution is 5.82. The van der Waals surface area contributed by atoms with Gasteiger partial charge in [0.25, 0.3) is 0 Å². The molecule has 4 heterocycles. The topological polar surface area (TPSA) is 71.7 Å². The van der Waals surface area contributed by atoms with Gasteiger partial charge in [-0.2, -0.15) is 0 Å². The van der Waals surface area contributed by atoms with Crippen molar-refractivity contribution in [3.63, 3.8) is 0 Å². The summed E-state index contributed by atoms with van der Waals surface area (Å²) in [6.45, 7) is 1.95. The molecule has 4 saturated heterocycles. The van der Waals surface area contributed by atoms with E-state index < -0.39 is 0 Å². The molecule has 30 heavy (non-hydrogen) atoms. The van der Waals surface area contributed by atoms with Crippen molar-refractivity contribution in [3.8, 4) is 0 Å². The van der Waals surface area contributed by atoms with Crippen LogP contribution in [-0.4, -0.2) is 84.4 Å². The lowest BCUT2D eigenvalue weighted by molar-refractivity contribution is -0.133. The number of fused-ring (bicyclic) bond motifs is 8. The molecular formula is C23H40N6O. The Morgan fingerprint density at radius 1 is 0.867 bits per heavy atom. The summed E-state index contributed by atoms with van der Waals surface area (Å²) in [5.41, 5.74) is 0. The van der Waals surface area contributed by atoms with Gasteiger partial charge in [-0.3, -0.25) is 25.6 Å². The zero-order valence-electron chi connectivity index (χ0n) is 18.5. The maximum Gasteiger partial charge on any atom is 0.239 e. The van der Waals surface area contributed by atoms with Crippen LogP contribution in [0.1, 0.15) is 64.2 Å². The number of hydrogen-bond acceptors (Lipinski definition) is 6. The molecule has 9 atom stereocenters. The van der Waals surface area contributed by atoms with Gasteiger partial charge in [-0.15, -0.1) is 0 Å². The first-order valence-electron chi connectivity index (χ1n) is 12.7. The van der Waals surface area contributed by atoms with E-state index in [2.05, 4.69) is 38.1 Å². The van der Waals surface area contributed by atoms with Crippen LogP contribution < -0.4 is 21.3 Å². The summed E-state index contributed by atoms with van der Waals surface area (Å²) in [4.78, 5) is 18.1. The molecule has 2 aliphatic carbocycles. The minimum atomic E-state index is -0.0171. The largest absolute Gasteiger partial charge is 0.341 e. The predicted molar refractivity (Wildman–Crippen MR) is 117 cm³/mol. The van der Waals surface area contributed by atoms with Crippen molar-refractivity contribution in [2.45, 2.75) is 113 Å². The fraction of sp³-hybridized carbons (Fsp3) is 0.957. The second-order valence-electron chi connectivity index (χ2n) is 11.0. The molecule has 6 aliphatic rings. The van der Waals surface area contributed by atoms with Crippen LogP contribution in [0.2, 0.25) is 0 Å². The third kappa shape index (κ3) is 3.41. The van der Waals surface area contributed by atoms with E-state index in [0.717, 1.165) is 38.4 Å². The summed E-state index contributed by atoms with van der Waals surface area (Å²) in [6, 6.07) is 3.37. The molecule has 6 fully saturated rings. The summed E-state index contributed by atoms with van der Waals surface area (Å²) < 4.78 is 0. The number of nitrogens with zero attached hydrogens (tertiary/aromatic N) is 2. The predicted octanol–water partition coefficient (Wildman–Crippen LogP) is 0.568. The zero-order valence-corrected chi connectivity index (χ0v) is 18.5. The minimum Gasteiger partial charge on any atom is -0.341 e. The second-order valence-corrected chi connectivity index (χ2v) is 11.0. The van der Waals surface area contributed by atoms with Crippen LogP contribution in [0.15, 0.2) is 0 Å². The van der Waals surface area contributed by atoms with Crippen molar-refractivity contribution in [2.24, 2.45) is 5.92 Å². The van der Waals surface area contributed by atoms with Crippen molar-refractivity contribution in [2.75, 3.05) is 20.3 Å². The van der Waals surface area contributed by atoms with Crippen molar-refractivity contribution in [3.05, 3.63) is 0 Å².